The van der Waals surface area contributed by atoms with E-state index in [1.807, 2.05) is 38.1 Å². The van der Waals surface area contributed by atoms with Gasteiger partial charge in [-0.05, 0) is 24.6 Å². The number of guanidine groups is 1. The third kappa shape index (κ3) is 6.03. The lowest BCUT2D eigenvalue weighted by Gasteiger charge is -2.14. The highest BCUT2D eigenvalue weighted by molar-refractivity contribution is 5.80. The van der Waals surface area contributed by atoms with E-state index in [0.717, 1.165) is 17.9 Å². The quantitative estimate of drug-likeness (QED) is 0.454. The van der Waals surface area contributed by atoms with Crippen molar-refractivity contribution in [1.82, 2.24) is 10.6 Å². The molecular formula is C16H25N3O3. The molecule has 1 unspecified atom stereocenters. The topological polar surface area (TPSA) is 72.0 Å². The second-order valence-electron chi connectivity index (χ2n) is 4.85. The number of carbonyl (C=O) groups is 1. The molecule has 0 fully saturated rings. The Kier molecular flexibility index (Phi) is 7.81. The molecule has 0 aromatic heterocycles. The molecule has 0 aliphatic rings. The van der Waals surface area contributed by atoms with Crippen molar-refractivity contribution in [2.45, 2.75) is 20.4 Å². The van der Waals surface area contributed by atoms with E-state index < -0.39 is 0 Å². The van der Waals surface area contributed by atoms with Crippen LogP contribution in [0.2, 0.25) is 0 Å². The summed E-state index contributed by atoms with van der Waals surface area (Å²) in [6, 6.07) is 7.77. The van der Waals surface area contributed by atoms with Crippen molar-refractivity contribution in [3.63, 3.8) is 0 Å². The molecule has 0 heterocycles. The minimum Gasteiger partial charge on any atom is -0.497 e. The van der Waals surface area contributed by atoms with Gasteiger partial charge < -0.3 is 20.1 Å². The van der Waals surface area contributed by atoms with Gasteiger partial charge in [0.05, 0.1) is 26.7 Å². The van der Waals surface area contributed by atoms with Crippen LogP contribution in [0.25, 0.3) is 0 Å². The molecule has 0 saturated heterocycles. The van der Waals surface area contributed by atoms with Crippen molar-refractivity contribution in [2.75, 3.05) is 27.3 Å². The number of benzene rings is 1. The Hall–Kier alpha value is -2.24. The number of hydrogen-bond acceptors (Lipinski definition) is 4. The molecular weight excluding hydrogens is 282 g/mol. The first-order valence-electron chi connectivity index (χ1n) is 7.33. The van der Waals surface area contributed by atoms with Gasteiger partial charge in [0.25, 0.3) is 0 Å². The summed E-state index contributed by atoms with van der Waals surface area (Å²) in [5.41, 5.74) is 1.05. The summed E-state index contributed by atoms with van der Waals surface area (Å²) in [6.45, 7) is 5.54. The Morgan fingerprint density at radius 3 is 2.73 bits per heavy atom. The van der Waals surface area contributed by atoms with Crippen LogP contribution in [-0.4, -0.2) is 39.2 Å². The van der Waals surface area contributed by atoms with E-state index in [9.17, 15) is 4.79 Å². The number of hydrogen-bond donors (Lipinski definition) is 2. The van der Waals surface area contributed by atoms with Gasteiger partial charge in [-0.25, -0.2) is 4.99 Å². The minimum atomic E-state index is -0.240. The molecule has 22 heavy (non-hydrogen) atoms. The maximum atomic E-state index is 11.4. The first kappa shape index (κ1) is 17.8. The van der Waals surface area contributed by atoms with Crippen molar-refractivity contribution in [2.24, 2.45) is 10.9 Å². The number of aliphatic imine (C=N–C) groups is 1. The lowest BCUT2D eigenvalue weighted by Crippen LogP contribution is -2.40. The fourth-order valence-corrected chi connectivity index (χ4v) is 1.82. The van der Waals surface area contributed by atoms with E-state index in [1.54, 1.807) is 7.11 Å². The molecule has 0 spiro atoms. The summed E-state index contributed by atoms with van der Waals surface area (Å²) in [5, 5.41) is 6.29. The third-order valence-electron chi connectivity index (χ3n) is 3.08. The Morgan fingerprint density at radius 2 is 2.09 bits per heavy atom. The Morgan fingerprint density at radius 1 is 1.32 bits per heavy atom. The van der Waals surface area contributed by atoms with Crippen LogP contribution in [0.1, 0.15) is 19.4 Å². The van der Waals surface area contributed by atoms with Gasteiger partial charge in [0.2, 0.25) is 0 Å². The number of nitrogens with zero attached hydrogens (tertiary/aromatic N) is 1. The van der Waals surface area contributed by atoms with Crippen molar-refractivity contribution >= 4 is 11.9 Å². The van der Waals surface area contributed by atoms with Gasteiger partial charge in [0.15, 0.2) is 5.96 Å². The fraction of sp³-hybridized carbons (Fsp3) is 0.500. The molecule has 0 bridgehead atoms. The van der Waals surface area contributed by atoms with Crippen molar-refractivity contribution in [3.05, 3.63) is 29.8 Å². The molecule has 6 nitrogen and oxygen atoms in total. The molecule has 1 rings (SSSR count). The van der Waals surface area contributed by atoms with Crippen LogP contribution in [0.5, 0.6) is 5.75 Å². The molecule has 6 heteroatoms. The van der Waals surface area contributed by atoms with E-state index in [0.29, 0.717) is 19.0 Å². The zero-order chi connectivity index (χ0) is 16.4. The lowest BCUT2D eigenvalue weighted by molar-refractivity contribution is -0.144. The van der Waals surface area contributed by atoms with E-state index in [-0.39, 0.29) is 11.9 Å². The average Bonchev–Trinajstić information content (AvgIpc) is 2.56. The summed E-state index contributed by atoms with van der Waals surface area (Å²) < 4.78 is 9.90. The normalized spacial score (nSPS) is 12.5. The smallest absolute Gasteiger partial charge is 0.310 e. The average molecular weight is 307 g/mol. The molecule has 0 aliphatic heterocycles. The van der Waals surface area contributed by atoms with Crippen LogP contribution in [0.15, 0.2) is 29.3 Å². The Bertz CT molecular complexity index is 503. The fourth-order valence-electron chi connectivity index (χ4n) is 1.82. The Balaban J connectivity index is 2.62. The molecule has 0 amide bonds. The van der Waals surface area contributed by atoms with Crippen LogP contribution in [0, 0.1) is 5.92 Å². The molecule has 1 aromatic carbocycles. The zero-order valence-corrected chi connectivity index (χ0v) is 13.7. The van der Waals surface area contributed by atoms with Crippen molar-refractivity contribution in [1.29, 1.82) is 0 Å². The molecule has 0 aliphatic carbocycles. The maximum Gasteiger partial charge on any atom is 0.310 e. The molecule has 0 saturated carbocycles. The lowest BCUT2D eigenvalue weighted by atomic mass is 10.2. The van der Waals surface area contributed by atoms with Crippen molar-refractivity contribution in [3.8, 4) is 5.75 Å². The first-order valence-corrected chi connectivity index (χ1v) is 7.33. The van der Waals surface area contributed by atoms with E-state index in [4.69, 9.17) is 9.47 Å². The highest BCUT2D eigenvalue weighted by atomic mass is 16.5. The maximum absolute atomic E-state index is 11.4. The highest BCUT2D eigenvalue weighted by Gasteiger charge is 2.13. The SMILES string of the molecule is CCNC(=NCc1cccc(OC)c1)NCC(C)C(=O)OC. The summed E-state index contributed by atoms with van der Waals surface area (Å²) in [6.07, 6.45) is 0. The van der Waals surface area contributed by atoms with E-state index >= 15 is 0 Å². The minimum absolute atomic E-state index is 0.231. The van der Waals surface area contributed by atoms with Gasteiger partial charge in [-0.1, -0.05) is 19.1 Å². The van der Waals surface area contributed by atoms with Gasteiger partial charge in [0.1, 0.15) is 5.75 Å². The monoisotopic (exact) mass is 307 g/mol. The van der Waals surface area contributed by atoms with Crippen LogP contribution in [0.4, 0.5) is 0 Å². The molecule has 1 atom stereocenters. The summed E-state index contributed by atoms with van der Waals surface area (Å²) in [5.74, 6) is 1.01. The van der Waals surface area contributed by atoms with Crippen LogP contribution in [0.3, 0.4) is 0 Å². The Labute approximate surface area is 131 Å². The molecule has 1 aromatic rings. The number of methoxy groups -OCH3 is 2. The first-order chi connectivity index (χ1) is 10.6. The highest BCUT2D eigenvalue weighted by Crippen LogP contribution is 2.13. The largest absolute Gasteiger partial charge is 0.497 e. The van der Waals surface area contributed by atoms with Gasteiger partial charge in [-0.2, -0.15) is 0 Å². The van der Waals surface area contributed by atoms with Crippen LogP contribution < -0.4 is 15.4 Å². The number of rotatable bonds is 7. The predicted octanol–water partition coefficient (Wildman–Crippen LogP) is 1.56. The van der Waals surface area contributed by atoms with Crippen LogP contribution in [-0.2, 0) is 16.1 Å². The van der Waals surface area contributed by atoms with Gasteiger partial charge in [-0.15, -0.1) is 0 Å². The van der Waals surface area contributed by atoms with Crippen LogP contribution >= 0.6 is 0 Å². The summed E-state index contributed by atoms with van der Waals surface area (Å²) >= 11 is 0. The van der Waals surface area contributed by atoms with Crippen molar-refractivity contribution < 1.29 is 14.3 Å². The second-order valence-corrected chi connectivity index (χ2v) is 4.85. The second kappa shape index (κ2) is 9.65. The molecule has 122 valence electrons. The number of ether oxygens (including phenoxy) is 2. The summed E-state index contributed by atoms with van der Waals surface area (Å²) in [7, 11) is 3.03. The third-order valence-corrected chi connectivity index (χ3v) is 3.08. The number of nitrogens with one attached hydrogen (secondary N) is 2. The summed E-state index contributed by atoms with van der Waals surface area (Å²) in [4.78, 5) is 15.9. The zero-order valence-electron chi connectivity index (χ0n) is 13.7. The predicted molar refractivity (Wildman–Crippen MR) is 87.0 cm³/mol. The van der Waals surface area contributed by atoms with Gasteiger partial charge in [0, 0.05) is 13.1 Å². The van der Waals surface area contributed by atoms with E-state index in [1.165, 1.54) is 7.11 Å². The van der Waals surface area contributed by atoms with Gasteiger partial charge >= 0.3 is 5.97 Å². The standard InChI is InChI=1S/C16H25N3O3/c1-5-17-16(18-10-12(2)15(20)22-4)19-11-13-7-6-8-14(9-13)21-3/h6-9,12H,5,10-11H2,1-4H3,(H2,17,18,19). The molecule has 0 radical (unpaired) electrons. The number of carbonyl (C=O) groups excluding carboxylic acids is 1. The molecule has 2 N–H and O–H groups in total. The van der Waals surface area contributed by atoms with E-state index in [2.05, 4.69) is 15.6 Å². The number of esters is 1. The van der Waals surface area contributed by atoms with Gasteiger partial charge in [-0.3, -0.25) is 4.79 Å².